The Morgan fingerprint density at radius 1 is 1.32 bits per heavy atom. The summed E-state index contributed by atoms with van der Waals surface area (Å²) < 4.78 is 1.56. The van der Waals surface area contributed by atoms with E-state index in [1.54, 1.807) is 28.4 Å². The average Bonchev–Trinajstić information content (AvgIpc) is 2.87. The lowest BCUT2D eigenvalue weighted by atomic mass is 10.3. The highest BCUT2D eigenvalue weighted by Gasteiger charge is 2.04. The number of nitrogens with zero attached hydrogens (tertiary/aromatic N) is 2. The fourth-order valence-electron chi connectivity index (χ4n) is 1.68. The van der Waals surface area contributed by atoms with Gasteiger partial charge in [0.2, 0.25) is 0 Å². The topological polar surface area (TPSA) is 60.4 Å². The lowest BCUT2D eigenvalue weighted by molar-refractivity contribution is 1.04. The van der Waals surface area contributed by atoms with Crippen LogP contribution in [0.15, 0.2) is 51.6 Å². The second-order valence-corrected chi connectivity index (χ2v) is 5.92. The predicted molar refractivity (Wildman–Crippen MR) is 79.8 cm³/mol. The van der Waals surface area contributed by atoms with E-state index in [9.17, 15) is 4.79 Å². The molecule has 1 aromatic carbocycles. The lowest BCUT2D eigenvalue weighted by Gasteiger charge is -2.02. The number of rotatable bonds is 3. The van der Waals surface area contributed by atoms with E-state index in [4.69, 9.17) is 5.73 Å². The van der Waals surface area contributed by atoms with Crippen molar-refractivity contribution in [3.05, 3.63) is 58.0 Å². The average molecular weight is 289 g/mol. The van der Waals surface area contributed by atoms with Gasteiger partial charge in [-0.3, -0.25) is 9.20 Å². The molecule has 96 valence electrons. The van der Waals surface area contributed by atoms with Gasteiger partial charge >= 0.3 is 0 Å². The summed E-state index contributed by atoms with van der Waals surface area (Å²) in [6.45, 7) is 0. The van der Waals surface area contributed by atoms with Crippen molar-refractivity contribution in [3.8, 4) is 0 Å². The van der Waals surface area contributed by atoms with E-state index in [1.165, 1.54) is 11.3 Å². The number of benzene rings is 1. The van der Waals surface area contributed by atoms with Gasteiger partial charge in [-0.15, -0.1) is 23.1 Å². The molecular formula is C13H11N3OS2. The third kappa shape index (κ3) is 2.64. The van der Waals surface area contributed by atoms with Gasteiger partial charge in [0.1, 0.15) is 0 Å². The van der Waals surface area contributed by atoms with Gasteiger partial charge in [0, 0.05) is 34.0 Å². The van der Waals surface area contributed by atoms with Crippen molar-refractivity contribution in [2.24, 2.45) is 0 Å². The third-order valence-electron chi connectivity index (χ3n) is 2.62. The predicted octanol–water partition coefficient (Wildman–Crippen LogP) is 2.63. The molecular weight excluding hydrogens is 278 g/mol. The number of aromatic nitrogens is 2. The van der Waals surface area contributed by atoms with E-state index in [0.717, 1.165) is 21.2 Å². The molecule has 19 heavy (non-hydrogen) atoms. The van der Waals surface area contributed by atoms with Gasteiger partial charge in [-0.1, -0.05) is 0 Å². The largest absolute Gasteiger partial charge is 0.399 e. The zero-order valence-corrected chi connectivity index (χ0v) is 11.6. The van der Waals surface area contributed by atoms with Crippen LogP contribution >= 0.6 is 23.1 Å². The molecule has 0 amide bonds. The Morgan fingerprint density at radius 2 is 2.11 bits per heavy atom. The number of fused-ring (bicyclic) bond motifs is 1. The zero-order valence-electron chi connectivity index (χ0n) is 9.95. The van der Waals surface area contributed by atoms with E-state index in [2.05, 4.69) is 4.98 Å². The first-order chi connectivity index (χ1) is 9.22. The summed E-state index contributed by atoms with van der Waals surface area (Å²) in [6, 6.07) is 9.26. The number of anilines is 1. The van der Waals surface area contributed by atoms with Crippen molar-refractivity contribution in [2.45, 2.75) is 10.6 Å². The van der Waals surface area contributed by atoms with E-state index in [1.807, 2.05) is 29.6 Å². The number of nitrogen functional groups attached to an aromatic ring is 1. The number of thiazole rings is 1. The van der Waals surface area contributed by atoms with Crippen LogP contribution in [0, 0.1) is 0 Å². The van der Waals surface area contributed by atoms with E-state index in [-0.39, 0.29) is 5.56 Å². The molecule has 2 heterocycles. The Morgan fingerprint density at radius 3 is 2.89 bits per heavy atom. The molecule has 6 heteroatoms. The van der Waals surface area contributed by atoms with Crippen LogP contribution in [0.4, 0.5) is 5.69 Å². The van der Waals surface area contributed by atoms with E-state index < -0.39 is 0 Å². The van der Waals surface area contributed by atoms with Crippen LogP contribution in [-0.4, -0.2) is 9.38 Å². The molecule has 0 saturated carbocycles. The maximum Gasteiger partial charge on any atom is 0.258 e. The monoisotopic (exact) mass is 289 g/mol. The van der Waals surface area contributed by atoms with Crippen molar-refractivity contribution in [2.75, 3.05) is 5.73 Å². The first-order valence-corrected chi connectivity index (χ1v) is 7.53. The highest BCUT2D eigenvalue weighted by Crippen LogP contribution is 2.22. The molecule has 0 bridgehead atoms. The summed E-state index contributed by atoms with van der Waals surface area (Å²) in [5.41, 5.74) is 7.16. The quantitative estimate of drug-likeness (QED) is 0.595. The van der Waals surface area contributed by atoms with Crippen LogP contribution in [0.3, 0.4) is 0 Å². The van der Waals surface area contributed by atoms with Crippen LogP contribution in [0.1, 0.15) is 5.69 Å². The van der Waals surface area contributed by atoms with Crippen LogP contribution in [0.5, 0.6) is 0 Å². The highest BCUT2D eigenvalue weighted by atomic mass is 32.2. The Labute approximate surface area is 117 Å². The lowest BCUT2D eigenvalue weighted by Crippen LogP contribution is -2.12. The Balaban J connectivity index is 1.81. The molecule has 0 saturated heterocycles. The van der Waals surface area contributed by atoms with Crippen molar-refractivity contribution >= 4 is 33.7 Å². The standard InChI is InChI=1S/C13H11N3OS2/c14-9-1-3-11(4-2-9)19-8-10-7-12(17)16-5-6-18-13(16)15-10/h1-7H,8,14H2. The maximum atomic E-state index is 11.8. The van der Waals surface area contributed by atoms with Gasteiger partial charge in [-0.2, -0.15) is 0 Å². The molecule has 2 N–H and O–H groups in total. The smallest absolute Gasteiger partial charge is 0.258 e. The molecule has 0 unspecified atom stereocenters. The number of hydrogen-bond donors (Lipinski definition) is 1. The van der Waals surface area contributed by atoms with Gasteiger partial charge in [0.15, 0.2) is 4.96 Å². The second-order valence-electron chi connectivity index (χ2n) is 4.00. The molecule has 0 radical (unpaired) electrons. The molecule has 0 aliphatic heterocycles. The molecule has 2 aromatic heterocycles. The number of thioether (sulfide) groups is 1. The SMILES string of the molecule is Nc1ccc(SCc2cc(=O)n3ccsc3n2)cc1. The summed E-state index contributed by atoms with van der Waals surface area (Å²) in [5.74, 6) is 0.674. The molecule has 0 spiro atoms. The van der Waals surface area contributed by atoms with Gasteiger partial charge < -0.3 is 5.73 Å². The third-order valence-corrected chi connectivity index (χ3v) is 4.43. The number of hydrogen-bond acceptors (Lipinski definition) is 5. The fraction of sp³-hybridized carbons (Fsp3) is 0.0769. The minimum Gasteiger partial charge on any atom is -0.399 e. The van der Waals surface area contributed by atoms with Gasteiger partial charge in [-0.05, 0) is 24.3 Å². The van der Waals surface area contributed by atoms with Gasteiger partial charge in [-0.25, -0.2) is 4.98 Å². The first kappa shape index (κ1) is 12.3. The first-order valence-electron chi connectivity index (χ1n) is 5.66. The van der Waals surface area contributed by atoms with Gasteiger partial charge in [0.05, 0.1) is 5.69 Å². The minimum atomic E-state index is -0.0286. The summed E-state index contributed by atoms with van der Waals surface area (Å²) in [5, 5.41) is 1.86. The van der Waals surface area contributed by atoms with Crippen LogP contribution in [0.25, 0.3) is 4.96 Å². The van der Waals surface area contributed by atoms with Crippen LogP contribution in [-0.2, 0) is 5.75 Å². The van der Waals surface area contributed by atoms with Crippen LogP contribution < -0.4 is 11.3 Å². The fourth-order valence-corrected chi connectivity index (χ4v) is 3.21. The van der Waals surface area contributed by atoms with Crippen molar-refractivity contribution in [1.29, 1.82) is 0 Å². The molecule has 4 nitrogen and oxygen atoms in total. The molecule has 0 fully saturated rings. The van der Waals surface area contributed by atoms with Crippen molar-refractivity contribution in [3.63, 3.8) is 0 Å². The molecule has 3 aromatic rings. The second kappa shape index (κ2) is 5.07. The maximum absolute atomic E-state index is 11.8. The Bertz CT molecular complexity index is 761. The van der Waals surface area contributed by atoms with Crippen LogP contribution in [0.2, 0.25) is 0 Å². The molecule has 3 rings (SSSR count). The molecule has 0 aliphatic carbocycles. The normalized spacial score (nSPS) is 10.9. The van der Waals surface area contributed by atoms with Gasteiger partial charge in [0.25, 0.3) is 5.56 Å². The van der Waals surface area contributed by atoms with E-state index in [0.29, 0.717) is 5.75 Å². The van der Waals surface area contributed by atoms with E-state index >= 15 is 0 Å². The summed E-state index contributed by atoms with van der Waals surface area (Å²) in [7, 11) is 0. The van der Waals surface area contributed by atoms with Crippen molar-refractivity contribution in [1.82, 2.24) is 9.38 Å². The zero-order chi connectivity index (χ0) is 13.2. The molecule has 0 aliphatic rings. The molecule has 0 atom stereocenters. The number of nitrogens with two attached hydrogens (primary N) is 1. The highest BCUT2D eigenvalue weighted by molar-refractivity contribution is 7.98. The Hall–Kier alpha value is -1.79. The minimum absolute atomic E-state index is 0.0286. The Kier molecular flexibility index (Phi) is 3.27. The van der Waals surface area contributed by atoms with Crippen molar-refractivity contribution < 1.29 is 0 Å². The summed E-state index contributed by atoms with van der Waals surface area (Å²) in [4.78, 5) is 18.1. The summed E-state index contributed by atoms with van der Waals surface area (Å²) >= 11 is 3.11. The summed E-state index contributed by atoms with van der Waals surface area (Å²) in [6.07, 6.45) is 1.74.